The van der Waals surface area contributed by atoms with Crippen LogP contribution in [-0.2, 0) is 11.2 Å². The number of aromatic nitrogens is 2. The second-order valence-corrected chi connectivity index (χ2v) is 5.09. The lowest BCUT2D eigenvalue weighted by Gasteiger charge is -2.14. The van der Waals surface area contributed by atoms with E-state index in [9.17, 15) is 9.59 Å². The van der Waals surface area contributed by atoms with Crippen molar-refractivity contribution in [3.63, 3.8) is 0 Å². The number of hydrogen-bond donors (Lipinski definition) is 2. The fourth-order valence-electron chi connectivity index (χ4n) is 2.24. The summed E-state index contributed by atoms with van der Waals surface area (Å²) >= 11 is 0. The molecule has 2 N–H and O–H groups in total. The summed E-state index contributed by atoms with van der Waals surface area (Å²) in [5.74, 6) is 0.366. The normalized spacial score (nSPS) is 12.0. The Hall–Kier alpha value is -2.43. The summed E-state index contributed by atoms with van der Waals surface area (Å²) in [6.45, 7) is 5.37. The summed E-state index contributed by atoms with van der Waals surface area (Å²) in [5, 5.41) is 2.89. The van der Waals surface area contributed by atoms with Crippen molar-refractivity contribution in [2.24, 2.45) is 0 Å². The number of amides is 1. The van der Waals surface area contributed by atoms with Crippen LogP contribution in [0.1, 0.15) is 35.6 Å². The summed E-state index contributed by atoms with van der Waals surface area (Å²) in [6.07, 6.45) is 0.0334. The molecular weight excluding hydrogens is 266 g/mol. The van der Waals surface area contributed by atoms with Gasteiger partial charge in [0.2, 0.25) is 5.91 Å². The molecule has 5 heteroatoms. The predicted molar refractivity (Wildman–Crippen MR) is 81.0 cm³/mol. The number of aromatic amines is 1. The van der Waals surface area contributed by atoms with E-state index in [0.29, 0.717) is 17.1 Å². The zero-order valence-electron chi connectivity index (χ0n) is 12.4. The molecule has 21 heavy (non-hydrogen) atoms. The van der Waals surface area contributed by atoms with E-state index in [1.54, 1.807) is 13.8 Å². The maximum Gasteiger partial charge on any atom is 0.254 e. The number of aryl methyl sites for hydroxylation is 2. The minimum Gasteiger partial charge on any atom is -0.349 e. The highest BCUT2D eigenvalue weighted by molar-refractivity contribution is 5.79. The van der Waals surface area contributed by atoms with Crippen molar-refractivity contribution in [1.82, 2.24) is 15.3 Å². The van der Waals surface area contributed by atoms with Crippen LogP contribution in [0, 0.1) is 13.8 Å². The molecule has 1 aromatic carbocycles. The summed E-state index contributed by atoms with van der Waals surface area (Å²) in [7, 11) is 0. The summed E-state index contributed by atoms with van der Waals surface area (Å²) < 4.78 is 0. The first-order valence-electron chi connectivity index (χ1n) is 6.88. The van der Waals surface area contributed by atoms with Gasteiger partial charge in [-0.05, 0) is 26.3 Å². The van der Waals surface area contributed by atoms with Crippen LogP contribution in [0.15, 0.2) is 35.1 Å². The van der Waals surface area contributed by atoms with Crippen LogP contribution >= 0.6 is 0 Å². The fraction of sp³-hybridized carbons (Fsp3) is 0.312. The Balaban J connectivity index is 2.08. The van der Waals surface area contributed by atoms with E-state index < -0.39 is 0 Å². The van der Waals surface area contributed by atoms with Crippen molar-refractivity contribution in [2.45, 2.75) is 33.2 Å². The van der Waals surface area contributed by atoms with Crippen molar-refractivity contribution in [1.29, 1.82) is 0 Å². The van der Waals surface area contributed by atoms with Crippen LogP contribution in [-0.4, -0.2) is 15.9 Å². The SMILES string of the molecule is Cc1nc(C)c(CC(=O)NC(C)c2ccccc2)c(=O)[nH]1. The minimum atomic E-state index is -0.248. The Labute approximate surface area is 123 Å². The van der Waals surface area contributed by atoms with Crippen LogP contribution in [0.25, 0.3) is 0 Å². The van der Waals surface area contributed by atoms with Gasteiger partial charge in [0.15, 0.2) is 0 Å². The largest absolute Gasteiger partial charge is 0.349 e. The molecule has 0 radical (unpaired) electrons. The molecule has 0 fully saturated rings. The first-order valence-corrected chi connectivity index (χ1v) is 6.88. The van der Waals surface area contributed by atoms with Crippen LogP contribution in [0.2, 0.25) is 0 Å². The molecule has 0 bridgehead atoms. The monoisotopic (exact) mass is 285 g/mol. The molecule has 0 aliphatic rings. The first-order chi connectivity index (χ1) is 9.97. The Morgan fingerprint density at radius 1 is 1.29 bits per heavy atom. The highest BCUT2D eigenvalue weighted by atomic mass is 16.2. The van der Waals surface area contributed by atoms with Crippen molar-refractivity contribution in [3.05, 3.63) is 63.3 Å². The molecule has 2 aromatic rings. The van der Waals surface area contributed by atoms with Gasteiger partial charge in [-0.15, -0.1) is 0 Å². The van der Waals surface area contributed by atoms with E-state index in [1.807, 2.05) is 37.3 Å². The molecule has 1 atom stereocenters. The Morgan fingerprint density at radius 2 is 1.95 bits per heavy atom. The number of benzene rings is 1. The van der Waals surface area contributed by atoms with Gasteiger partial charge in [0, 0.05) is 11.3 Å². The minimum absolute atomic E-state index is 0.0334. The summed E-state index contributed by atoms with van der Waals surface area (Å²) in [6, 6.07) is 9.59. The highest BCUT2D eigenvalue weighted by Gasteiger charge is 2.14. The van der Waals surface area contributed by atoms with Gasteiger partial charge in [0.25, 0.3) is 5.56 Å². The van der Waals surface area contributed by atoms with Gasteiger partial charge in [-0.2, -0.15) is 0 Å². The Bertz CT molecular complexity index is 692. The summed E-state index contributed by atoms with van der Waals surface area (Å²) in [4.78, 5) is 30.8. The maximum absolute atomic E-state index is 12.1. The first kappa shape index (κ1) is 15.0. The van der Waals surface area contributed by atoms with Crippen molar-refractivity contribution in [2.75, 3.05) is 0 Å². The molecule has 0 aliphatic heterocycles. The molecule has 1 heterocycles. The molecule has 0 saturated carbocycles. The zero-order chi connectivity index (χ0) is 15.4. The molecule has 5 nitrogen and oxygen atoms in total. The van der Waals surface area contributed by atoms with E-state index in [1.165, 1.54) is 0 Å². The van der Waals surface area contributed by atoms with Gasteiger partial charge in [-0.25, -0.2) is 4.98 Å². The fourth-order valence-corrected chi connectivity index (χ4v) is 2.24. The van der Waals surface area contributed by atoms with Crippen LogP contribution in [0.3, 0.4) is 0 Å². The molecule has 1 amide bonds. The Morgan fingerprint density at radius 3 is 2.57 bits per heavy atom. The van der Waals surface area contributed by atoms with Gasteiger partial charge >= 0.3 is 0 Å². The summed E-state index contributed by atoms with van der Waals surface area (Å²) in [5.41, 5.74) is 1.79. The van der Waals surface area contributed by atoms with Crippen LogP contribution in [0.4, 0.5) is 0 Å². The second kappa shape index (κ2) is 6.35. The number of H-pyrrole nitrogens is 1. The van der Waals surface area contributed by atoms with Gasteiger partial charge in [-0.1, -0.05) is 30.3 Å². The van der Waals surface area contributed by atoms with E-state index >= 15 is 0 Å². The Kier molecular flexibility index (Phi) is 4.52. The highest BCUT2D eigenvalue weighted by Crippen LogP contribution is 2.11. The maximum atomic E-state index is 12.1. The number of carbonyl (C=O) groups excluding carboxylic acids is 1. The molecule has 2 rings (SSSR count). The molecule has 110 valence electrons. The van der Waals surface area contributed by atoms with Gasteiger partial charge in [-0.3, -0.25) is 9.59 Å². The molecule has 0 saturated heterocycles. The van der Waals surface area contributed by atoms with Crippen LogP contribution < -0.4 is 10.9 Å². The lowest BCUT2D eigenvalue weighted by atomic mass is 10.1. The standard InChI is InChI=1S/C16H19N3O2/c1-10(13-7-5-4-6-8-13)18-15(20)9-14-11(2)17-12(3)19-16(14)21/h4-8,10H,9H2,1-3H3,(H,18,20)(H,17,19,21). The predicted octanol–water partition coefficient (Wildman–Crippen LogP) is 1.81. The topological polar surface area (TPSA) is 74.8 Å². The number of nitrogens with one attached hydrogen (secondary N) is 2. The quantitative estimate of drug-likeness (QED) is 0.899. The van der Waals surface area contributed by atoms with Crippen LogP contribution in [0.5, 0.6) is 0 Å². The average Bonchev–Trinajstić information content (AvgIpc) is 2.43. The number of rotatable bonds is 4. The smallest absolute Gasteiger partial charge is 0.254 e. The third-order valence-corrected chi connectivity index (χ3v) is 3.36. The van der Waals surface area contributed by atoms with E-state index in [-0.39, 0.29) is 23.9 Å². The van der Waals surface area contributed by atoms with Crippen molar-refractivity contribution < 1.29 is 4.79 Å². The number of carbonyl (C=O) groups is 1. The lowest BCUT2D eigenvalue weighted by Crippen LogP contribution is -2.31. The molecule has 0 aliphatic carbocycles. The number of hydrogen-bond acceptors (Lipinski definition) is 3. The third kappa shape index (κ3) is 3.78. The van der Waals surface area contributed by atoms with Crippen molar-refractivity contribution in [3.8, 4) is 0 Å². The third-order valence-electron chi connectivity index (χ3n) is 3.36. The second-order valence-electron chi connectivity index (χ2n) is 5.09. The zero-order valence-corrected chi connectivity index (χ0v) is 12.4. The van der Waals surface area contributed by atoms with Crippen molar-refractivity contribution >= 4 is 5.91 Å². The van der Waals surface area contributed by atoms with E-state index in [0.717, 1.165) is 5.56 Å². The molecular formula is C16H19N3O2. The van der Waals surface area contributed by atoms with E-state index in [2.05, 4.69) is 15.3 Å². The molecule has 0 spiro atoms. The lowest BCUT2D eigenvalue weighted by molar-refractivity contribution is -0.121. The number of nitrogens with zero attached hydrogens (tertiary/aromatic N) is 1. The average molecular weight is 285 g/mol. The van der Waals surface area contributed by atoms with Gasteiger partial charge < -0.3 is 10.3 Å². The molecule has 1 unspecified atom stereocenters. The van der Waals surface area contributed by atoms with E-state index in [4.69, 9.17) is 0 Å². The molecule has 1 aromatic heterocycles. The van der Waals surface area contributed by atoms with Gasteiger partial charge in [0.1, 0.15) is 5.82 Å². The van der Waals surface area contributed by atoms with Gasteiger partial charge in [0.05, 0.1) is 12.5 Å².